The Labute approximate surface area is 87.7 Å². The van der Waals surface area contributed by atoms with Gasteiger partial charge in [0.05, 0.1) is 14.2 Å². The first kappa shape index (κ1) is 11.1. The van der Waals surface area contributed by atoms with Gasteiger partial charge in [-0.25, -0.2) is 4.79 Å². The Balaban J connectivity index is 3.02. The number of carbonyl (C=O) groups is 1. The van der Waals surface area contributed by atoms with Crippen LogP contribution in [0.4, 0.5) is 0 Å². The molecule has 0 aliphatic heterocycles. The molecule has 0 unspecified atom stereocenters. The van der Waals surface area contributed by atoms with E-state index in [9.17, 15) is 4.79 Å². The summed E-state index contributed by atoms with van der Waals surface area (Å²) >= 11 is 0. The highest BCUT2D eigenvalue weighted by molar-refractivity contribution is 5.86. The molecule has 4 heteroatoms. The fourth-order valence-electron chi connectivity index (χ4n) is 1.12. The first-order valence-electron chi connectivity index (χ1n) is 4.30. The molecule has 0 heterocycles. The van der Waals surface area contributed by atoms with E-state index in [1.807, 2.05) is 0 Å². The Morgan fingerprint density at radius 1 is 1.33 bits per heavy atom. The maximum Gasteiger partial charge on any atom is 0.328 e. The van der Waals surface area contributed by atoms with Crippen LogP contribution in [0.25, 0.3) is 6.08 Å². The largest absolute Gasteiger partial charge is 0.497 e. The average Bonchev–Trinajstić information content (AvgIpc) is 2.25. The van der Waals surface area contributed by atoms with Crippen molar-refractivity contribution in [3.05, 3.63) is 29.8 Å². The van der Waals surface area contributed by atoms with Gasteiger partial charge in [-0.2, -0.15) is 0 Å². The lowest BCUT2D eigenvalue weighted by Gasteiger charge is -2.06. The maximum atomic E-state index is 10.3. The number of methoxy groups -OCH3 is 2. The number of aliphatic carboxylic acids is 1. The molecule has 0 radical (unpaired) electrons. The van der Waals surface area contributed by atoms with Gasteiger partial charge < -0.3 is 14.6 Å². The zero-order valence-electron chi connectivity index (χ0n) is 8.56. The summed E-state index contributed by atoms with van der Waals surface area (Å²) in [4.78, 5) is 10.3. The van der Waals surface area contributed by atoms with E-state index in [4.69, 9.17) is 14.6 Å². The minimum Gasteiger partial charge on any atom is -0.497 e. The molecule has 0 bridgehead atoms. The minimum absolute atomic E-state index is 0.576. The summed E-state index contributed by atoms with van der Waals surface area (Å²) in [7, 11) is 3.08. The van der Waals surface area contributed by atoms with E-state index in [1.165, 1.54) is 13.2 Å². The zero-order chi connectivity index (χ0) is 11.3. The first-order chi connectivity index (χ1) is 7.17. The minimum atomic E-state index is -0.993. The second-order valence-electron chi connectivity index (χ2n) is 2.78. The highest BCUT2D eigenvalue weighted by Crippen LogP contribution is 2.25. The van der Waals surface area contributed by atoms with Gasteiger partial charge in [-0.1, -0.05) is 0 Å². The van der Waals surface area contributed by atoms with Gasteiger partial charge in [0.1, 0.15) is 11.5 Å². The molecule has 1 N–H and O–H groups in total. The fraction of sp³-hybridized carbons (Fsp3) is 0.182. The molecule has 0 saturated carbocycles. The van der Waals surface area contributed by atoms with Crippen molar-refractivity contribution in [3.63, 3.8) is 0 Å². The number of hydrogen-bond donors (Lipinski definition) is 1. The van der Waals surface area contributed by atoms with Crippen molar-refractivity contribution in [2.24, 2.45) is 0 Å². The molecule has 0 saturated heterocycles. The van der Waals surface area contributed by atoms with Crippen LogP contribution in [-0.2, 0) is 4.79 Å². The summed E-state index contributed by atoms with van der Waals surface area (Å²) in [5, 5.41) is 8.49. The van der Waals surface area contributed by atoms with Gasteiger partial charge in [0, 0.05) is 17.7 Å². The molecule has 0 aromatic heterocycles. The lowest BCUT2D eigenvalue weighted by Crippen LogP contribution is -1.91. The number of rotatable bonds is 4. The van der Waals surface area contributed by atoms with Gasteiger partial charge in [-0.3, -0.25) is 0 Å². The Kier molecular flexibility index (Phi) is 3.74. The number of ether oxygens (including phenoxy) is 2. The quantitative estimate of drug-likeness (QED) is 0.606. The van der Waals surface area contributed by atoms with Crippen LogP contribution < -0.4 is 9.47 Å². The second-order valence-corrected chi connectivity index (χ2v) is 2.78. The zero-order valence-corrected chi connectivity index (χ0v) is 8.56. The summed E-state index contributed by atoms with van der Waals surface area (Å²) in [6.07, 6.45) is 2.53. The SMILES string of the molecule is COc1ccc(/C=C/[13C](=O)O)c(OC)c1. The molecule has 1 aromatic rings. The predicted octanol–water partition coefficient (Wildman–Crippen LogP) is 1.80. The Bertz CT molecular complexity index is 382. The van der Waals surface area contributed by atoms with E-state index >= 15 is 0 Å². The van der Waals surface area contributed by atoms with Gasteiger partial charge in [0.2, 0.25) is 0 Å². The van der Waals surface area contributed by atoms with E-state index in [0.717, 1.165) is 6.08 Å². The molecule has 0 aliphatic carbocycles. The van der Waals surface area contributed by atoms with Gasteiger partial charge >= 0.3 is 5.97 Å². The van der Waals surface area contributed by atoms with Gasteiger partial charge in [0.25, 0.3) is 0 Å². The molecule has 80 valence electrons. The molecular formula is C11H12O4. The van der Waals surface area contributed by atoms with Crippen molar-refractivity contribution in [2.75, 3.05) is 14.2 Å². The van der Waals surface area contributed by atoms with Crippen LogP contribution in [0.1, 0.15) is 5.56 Å². The third-order valence-electron chi connectivity index (χ3n) is 1.85. The van der Waals surface area contributed by atoms with Crippen LogP contribution in [-0.4, -0.2) is 25.3 Å². The highest BCUT2D eigenvalue weighted by Gasteiger charge is 2.02. The molecular weight excluding hydrogens is 197 g/mol. The van der Waals surface area contributed by atoms with Crippen molar-refractivity contribution in [2.45, 2.75) is 0 Å². The van der Waals surface area contributed by atoms with E-state index in [0.29, 0.717) is 17.1 Å². The number of hydrogen-bond acceptors (Lipinski definition) is 3. The molecule has 0 fully saturated rings. The summed E-state index contributed by atoms with van der Waals surface area (Å²) in [5.41, 5.74) is 0.695. The van der Waals surface area contributed by atoms with Crippen LogP contribution in [0.2, 0.25) is 0 Å². The molecule has 0 atom stereocenters. The number of benzene rings is 1. The highest BCUT2D eigenvalue weighted by atomic mass is 16.5. The molecule has 1 aromatic carbocycles. The van der Waals surface area contributed by atoms with Gasteiger partial charge in [-0.15, -0.1) is 0 Å². The van der Waals surface area contributed by atoms with Crippen LogP contribution in [0.5, 0.6) is 11.5 Å². The summed E-state index contributed by atoms with van der Waals surface area (Å²) in [5.74, 6) is 0.249. The number of carboxylic acid groups (broad SMARTS) is 1. The summed E-state index contributed by atoms with van der Waals surface area (Å²) in [6, 6.07) is 5.17. The Morgan fingerprint density at radius 3 is 2.60 bits per heavy atom. The van der Waals surface area contributed by atoms with Crippen LogP contribution in [0.3, 0.4) is 0 Å². The second kappa shape index (κ2) is 5.05. The number of carboxylic acids is 1. The summed E-state index contributed by atoms with van der Waals surface area (Å²) < 4.78 is 10.1. The van der Waals surface area contributed by atoms with E-state index in [-0.39, 0.29) is 0 Å². The topological polar surface area (TPSA) is 55.8 Å². The smallest absolute Gasteiger partial charge is 0.328 e. The van der Waals surface area contributed by atoms with Crippen LogP contribution >= 0.6 is 0 Å². The lowest BCUT2D eigenvalue weighted by atomic mass is 10.2. The predicted molar refractivity (Wildman–Crippen MR) is 56.2 cm³/mol. The Hall–Kier alpha value is -1.97. The molecule has 4 nitrogen and oxygen atoms in total. The first-order valence-corrected chi connectivity index (χ1v) is 4.30. The summed E-state index contributed by atoms with van der Waals surface area (Å²) in [6.45, 7) is 0. The normalized spacial score (nSPS) is 10.3. The van der Waals surface area contributed by atoms with Gasteiger partial charge in [0.15, 0.2) is 0 Å². The average molecular weight is 209 g/mol. The van der Waals surface area contributed by atoms with E-state index in [2.05, 4.69) is 0 Å². The Morgan fingerprint density at radius 2 is 2.07 bits per heavy atom. The van der Waals surface area contributed by atoms with Gasteiger partial charge in [-0.05, 0) is 18.2 Å². The fourth-order valence-corrected chi connectivity index (χ4v) is 1.12. The molecule has 1 rings (SSSR count). The van der Waals surface area contributed by atoms with Crippen LogP contribution in [0.15, 0.2) is 24.3 Å². The van der Waals surface area contributed by atoms with Crippen LogP contribution in [0, 0.1) is 0 Å². The monoisotopic (exact) mass is 209 g/mol. The molecule has 0 aliphatic rings. The van der Waals surface area contributed by atoms with Crippen molar-refractivity contribution in [3.8, 4) is 11.5 Å². The molecule has 0 amide bonds. The van der Waals surface area contributed by atoms with Crippen molar-refractivity contribution in [1.29, 1.82) is 0 Å². The molecule has 15 heavy (non-hydrogen) atoms. The maximum absolute atomic E-state index is 10.3. The lowest BCUT2D eigenvalue weighted by molar-refractivity contribution is -0.131. The van der Waals surface area contributed by atoms with Crippen molar-refractivity contribution >= 4 is 12.0 Å². The standard InChI is InChI=1S/C11H12O4/c1-14-9-5-3-8(4-6-11(12)13)10(7-9)15-2/h3-7H,1-2H3,(H,12,13)/b6-4+/i11+1. The third-order valence-corrected chi connectivity index (χ3v) is 1.85. The van der Waals surface area contributed by atoms with Crippen molar-refractivity contribution in [1.82, 2.24) is 0 Å². The van der Waals surface area contributed by atoms with E-state index < -0.39 is 5.97 Å². The third kappa shape index (κ3) is 3.02. The van der Waals surface area contributed by atoms with E-state index in [1.54, 1.807) is 25.3 Å². The molecule has 0 spiro atoms. The van der Waals surface area contributed by atoms with Crippen molar-refractivity contribution < 1.29 is 19.4 Å².